The second kappa shape index (κ2) is 10.9. The van der Waals surface area contributed by atoms with Crippen molar-refractivity contribution in [3.63, 3.8) is 0 Å². The predicted octanol–water partition coefficient (Wildman–Crippen LogP) is 13.0. The Kier molecular flexibility index (Phi) is 6.25. The molecule has 0 aliphatic heterocycles. The highest BCUT2D eigenvalue weighted by Gasteiger charge is 2.19. The highest BCUT2D eigenvalue weighted by Crippen LogP contribution is 2.46. The molecule has 9 rings (SSSR count). The molecule has 0 amide bonds. The van der Waals surface area contributed by atoms with Gasteiger partial charge in [0, 0.05) is 0 Å². The first-order valence-electron chi connectivity index (χ1n) is 15.9. The van der Waals surface area contributed by atoms with Crippen molar-refractivity contribution in [3.05, 3.63) is 182 Å². The summed E-state index contributed by atoms with van der Waals surface area (Å²) >= 11 is 0. The van der Waals surface area contributed by atoms with Crippen LogP contribution in [-0.2, 0) is 0 Å². The lowest BCUT2D eigenvalue weighted by atomic mass is 9.83. The van der Waals surface area contributed by atoms with E-state index < -0.39 is 0 Å². The lowest BCUT2D eigenvalue weighted by Gasteiger charge is -2.20. The molecule has 46 heavy (non-hydrogen) atoms. The zero-order valence-electron chi connectivity index (χ0n) is 25.3. The average molecular weight is 583 g/mol. The van der Waals surface area contributed by atoms with Gasteiger partial charge in [0.15, 0.2) is 0 Å². The molecule has 9 aromatic carbocycles. The Morgan fingerprint density at radius 3 is 1.61 bits per heavy atom. The van der Waals surface area contributed by atoms with Gasteiger partial charge in [0.05, 0.1) is 0 Å². The lowest BCUT2D eigenvalue weighted by Crippen LogP contribution is -1.93. The van der Waals surface area contributed by atoms with E-state index in [1.807, 2.05) is 0 Å². The fraction of sp³-hybridized carbons (Fsp3) is 0. The van der Waals surface area contributed by atoms with Crippen molar-refractivity contribution < 1.29 is 0 Å². The van der Waals surface area contributed by atoms with Crippen molar-refractivity contribution >= 4 is 43.1 Å². The second-order valence-electron chi connectivity index (χ2n) is 12.1. The van der Waals surface area contributed by atoms with E-state index in [-0.39, 0.29) is 0 Å². The van der Waals surface area contributed by atoms with E-state index in [1.54, 1.807) is 0 Å². The van der Waals surface area contributed by atoms with Crippen LogP contribution in [0, 0.1) is 0 Å². The first kappa shape index (κ1) is 26.4. The molecule has 0 radical (unpaired) electrons. The number of fused-ring (bicyclic) bond motifs is 4. The molecule has 0 spiro atoms. The monoisotopic (exact) mass is 582 g/mol. The minimum absolute atomic E-state index is 1.22. The van der Waals surface area contributed by atoms with Gasteiger partial charge in [-0.3, -0.25) is 0 Å². The molecule has 0 nitrogen and oxygen atoms in total. The van der Waals surface area contributed by atoms with Crippen molar-refractivity contribution in [1.29, 1.82) is 0 Å². The van der Waals surface area contributed by atoms with E-state index >= 15 is 0 Å². The zero-order valence-corrected chi connectivity index (χ0v) is 25.3. The second-order valence-corrected chi connectivity index (χ2v) is 12.1. The van der Waals surface area contributed by atoms with Crippen LogP contribution in [0.2, 0.25) is 0 Å². The SMILES string of the molecule is c1ccc(-c2ccc3c(-c4cccc5ccccc45)c4ccccc4c(-c4cccc(-c5ccc6ccccc6c5)c4)c3c2)cc1. The van der Waals surface area contributed by atoms with Crippen LogP contribution in [0.5, 0.6) is 0 Å². The molecule has 0 N–H and O–H groups in total. The Morgan fingerprint density at radius 1 is 0.217 bits per heavy atom. The normalized spacial score (nSPS) is 11.5. The number of benzene rings is 9. The smallest absolute Gasteiger partial charge is 0.00201 e. The number of hydrogen-bond acceptors (Lipinski definition) is 0. The van der Waals surface area contributed by atoms with Crippen LogP contribution in [0.3, 0.4) is 0 Å². The summed E-state index contributed by atoms with van der Waals surface area (Å²) in [6.07, 6.45) is 0. The van der Waals surface area contributed by atoms with E-state index in [1.165, 1.54) is 87.6 Å². The molecule has 0 bridgehead atoms. The van der Waals surface area contributed by atoms with E-state index in [2.05, 4.69) is 182 Å². The molecule has 9 aromatic rings. The van der Waals surface area contributed by atoms with Gasteiger partial charge in [0.2, 0.25) is 0 Å². The van der Waals surface area contributed by atoms with Crippen LogP contribution < -0.4 is 0 Å². The van der Waals surface area contributed by atoms with Gasteiger partial charge in [-0.1, -0.05) is 164 Å². The van der Waals surface area contributed by atoms with E-state index in [0.29, 0.717) is 0 Å². The Bertz CT molecular complexity index is 2570. The molecular formula is C46H30. The van der Waals surface area contributed by atoms with Crippen molar-refractivity contribution in [2.24, 2.45) is 0 Å². The van der Waals surface area contributed by atoms with Crippen molar-refractivity contribution in [2.75, 3.05) is 0 Å². The Hall–Kier alpha value is -5.98. The van der Waals surface area contributed by atoms with Crippen LogP contribution in [0.15, 0.2) is 182 Å². The summed E-state index contributed by atoms with van der Waals surface area (Å²) in [5, 5.41) is 10.1. The third kappa shape index (κ3) is 4.38. The fourth-order valence-electron chi connectivity index (χ4n) is 7.26. The summed E-state index contributed by atoms with van der Waals surface area (Å²) in [5.74, 6) is 0. The maximum absolute atomic E-state index is 2.41. The van der Waals surface area contributed by atoms with Crippen molar-refractivity contribution in [2.45, 2.75) is 0 Å². The standard InChI is InChI=1S/C46H30/c1-2-12-31(13-3-1)37-26-27-43-44(30-37)45(38-19-10-18-35(29-38)36-25-24-32-14-4-5-16-34(32)28-36)41-21-8-9-22-42(41)46(43)40-23-11-17-33-15-6-7-20-39(33)40/h1-30H. The Morgan fingerprint density at radius 2 is 0.761 bits per heavy atom. The van der Waals surface area contributed by atoms with Crippen LogP contribution >= 0.6 is 0 Å². The Balaban J connectivity index is 1.37. The molecule has 0 atom stereocenters. The first-order valence-corrected chi connectivity index (χ1v) is 15.9. The summed E-state index contributed by atoms with van der Waals surface area (Å²) in [5.41, 5.74) is 9.94. The van der Waals surface area contributed by atoms with Gasteiger partial charge < -0.3 is 0 Å². The first-order chi connectivity index (χ1) is 22.8. The predicted molar refractivity (Wildman–Crippen MR) is 198 cm³/mol. The molecular weight excluding hydrogens is 553 g/mol. The largest absolute Gasteiger partial charge is 0.0622 e. The molecule has 0 saturated heterocycles. The summed E-state index contributed by atoms with van der Waals surface area (Å²) in [6.45, 7) is 0. The van der Waals surface area contributed by atoms with Gasteiger partial charge >= 0.3 is 0 Å². The van der Waals surface area contributed by atoms with Crippen LogP contribution in [0.4, 0.5) is 0 Å². The molecule has 0 aromatic heterocycles. The molecule has 0 heterocycles. The fourth-order valence-corrected chi connectivity index (χ4v) is 7.26. The molecule has 0 unspecified atom stereocenters. The van der Waals surface area contributed by atoms with Gasteiger partial charge in [-0.25, -0.2) is 0 Å². The van der Waals surface area contributed by atoms with Gasteiger partial charge in [0.25, 0.3) is 0 Å². The average Bonchev–Trinajstić information content (AvgIpc) is 3.13. The van der Waals surface area contributed by atoms with Crippen LogP contribution in [0.1, 0.15) is 0 Å². The molecule has 0 heteroatoms. The molecule has 0 saturated carbocycles. The summed E-state index contributed by atoms with van der Waals surface area (Å²) in [7, 11) is 0. The van der Waals surface area contributed by atoms with Gasteiger partial charge in [-0.2, -0.15) is 0 Å². The zero-order chi connectivity index (χ0) is 30.5. The number of rotatable bonds is 4. The molecule has 0 aliphatic carbocycles. The van der Waals surface area contributed by atoms with Gasteiger partial charge in [0.1, 0.15) is 0 Å². The number of hydrogen-bond donors (Lipinski definition) is 0. The van der Waals surface area contributed by atoms with Crippen LogP contribution in [0.25, 0.3) is 87.6 Å². The highest BCUT2D eigenvalue weighted by molar-refractivity contribution is 6.24. The molecule has 0 aliphatic rings. The maximum Gasteiger partial charge on any atom is -0.00201 e. The van der Waals surface area contributed by atoms with Gasteiger partial charge in [-0.15, -0.1) is 0 Å². The quantitative estimate of drug-likeness (QED) is 0.181. The molecule has 0 fully saturated rings. The van der Waals surface area contributed by atoms with Gasteiger partial charge in [-0.05, 0) is 106 Å². The summed E-state index contributed by atoms with van der Waals surface area (Å²) < 4.78 is 0. The third-order valence-electron chi connectivity index (χ3n) is 9.42. The summed E-state index contributed by atoms with van der Waals surface area (Å²) in [4.78, 5) is 0. The van der Waals surface area contributed by atoms with Crippen molar-refractivity contribution in [3.8, 4) is 44.5 Å². The minimum atomic E-state index is 1.22. The maximum atomic E-state index is 2.41. The van der Waals surface area contributed by atoms with E-state index in [9.17, 15) is 0 Å². The van der Waals surface area contributed by atoms with E-state index in [0.717, 1.165) is 0 Å². The summed E-state index contributed by atoms with van der Waals surface area (Å²) in [6, 6.07) is 66.6. The van der Waals surface area contributed by atoms with Crippen LogP contribution in [-0.4, -0.2) is 0 Å². The highest BCUT2D eigenvalue weighted by atomic mass is 14.2. The molecule has 214 valence electrons. The minimum Gasteiger partial charge on any atom is -0.0622 e. The topological polar surface area (TPSA) is 0 Å². The Labute approximate surface area is 268 Å². The lowest BCUT2D eigenvalue weighted by molar-refractivity contribution is 1.62. The van der Waals surface area contributed by atoms with Crippen molar-refractivity contribution in [1.82, 2.24) is 0 Å². The van der Waals surface area contributed by atoms with E-state index in [4.69, 9.17) is 0 Å². The third-order valence-corrected chi connectivity index (χ3v) is 9.42.